The normalized spacial score (nSPS) is 10.7. The lowest BCUT2D eigenvalue weighted by atomic mass is 10.1. The number of hydrogen-bond acceptors (Lipinski definition) is 2. The highest BCUT2D eigenvalue weighted by molar-refractivity contribution is 9.10. The second kappa shape index (κ2) is 7.52. The summed E-state index contributed by atoms with van der Waals surface area (Å²) < 4.78 is 32.5. The van der Waals surface area contributed by atoms with Crippen molar-refractivity contribution in [1.29, 1.82) is 0 Å². The van der Waals surface area contributed by atoms with E-state index < -0.39 is 11.6 Å². The second-order valence-electron chi connectivity index (χ2n) is 4.60. The summed E-state index contributed by atoms with van der Waals surface area (Å²) in [6, 6.07) is 9.09. The van der Waals surface area contributed by atoms with E-state index in [0.717, 1.165) is 46.9 Å². The fraction of sp³-hybridized carbons (Fsp3) is 0.250. The number of hydrogen-bond donors (Lipinski definition) is 1. The number of nitrogens with one attached hydrogen (secondary N) is 1. The van der Waals surface area contributed by atoms with Crippen molar-refractivity contribution in [2.45, 2.75) is 20.1 Å². The fourth-order valence-corrected chi connectivity index (χ4v) is 2.40. The molecular formula is C16H16BrF2NO. The average Bonchev–Trinajstić information content (AvgIpc) is 2.43. The van der Waals surface area contributed by atoms with E-state index in [1.807, 2.05) is 18.2 Å². The first-order valence-corrected chi connectivity index (χ1v) is 7.44. The minimum absolute atomic E-state index is 0.177. The van der Waals surface area contributed by atoms with E-state index in [2.05, 4.69) is 28.2 Å². The van der Waals surface area contributed by atoms with Gasteiger partial charge in [0.05, 0.1) is 0 Å². The third-order valence-electron chi connectivity index (χ3n) is 2.93. The molecule has 0 spiro atoms. The van der Waals surface area contributed by atoms with Gasteiger partial charge >= 0.3 is 0 Å². The van der Waals surface area contributed by atoms with Gasteiger partial charge in [-0.05, 0) is 18.2 Å². The Morgan fingerprint density at radius 1 is 1.10 bits per heavy atom. The molecule has 0 aromatic heterocycles. The lowest BCUT2D eigenvalue weighted by Crippen LogP contribution is -2.11. The molecule has 2 aromatic carbocycles. The maximum Gasteiger partial charge on any atom is 0.129 e. The van der Waals surface area contributed by atoms with Crippen molar-refractivity contribution in [3.05, 3.63) is 63.6 Å². The number of rotatable bonds is 6. The number of ether oxygens (including phenoxy) is 1. The van der Waals surface area contributed by atoms with Crippen LogP contribution in [0.15, 0.2) is 40.9 Å². The van der Waals surface area contributed by atoms with Gasteiger partial charge < -0.3 is 10.1 Å². The molecule has 2 rings (SSSR count). The van der Waals surface area contributed by atoms with Crippen LogP contribution in [0.4, 0.5) is 8.78 Å². The molecule has 0 aliphatic carbocycles. The molecular weight excluding hydrogens is 340 g/mol. The highest BCUT2D eigenvalue weighted by Crippen LogP contribution is 2.22. The zero-order valence-electron chi connectivity index (χ0n) is 11.6. The molecule has 5 heteroatoms. The van der Waals surface area contributed by atoms with Gasteiger partial charge in [-0.25, -0.2) is 8.78 Å². The van der Waals surface area contributed by atoms with Crippen molar-refractivity contribution < 1.29 is 13.5 Å². The van der Waals surface area contributed by atoms with Crippen LogP contribution in [0.5, 0.6) is 5.75 Å². The Morgan fingerprint density at radius 3 is 2.43 bits per heavy atom. The highest BCUT2D eigenvalue weighted by atomic mass is 79.9. The highest BCUT2D eigenvalue weighted by Gasteiger charge is 2.05. The molecule has 112 valence electrons. The molecule has 0 amide bonds. The lowest BCUT2D eigenvalue weighted by molar-refractivity contribution is 0.302. The Bertz CT molecular complexity index is 599. The summed E-state index contributed by atoms with van der Waals surface area (Å²) in [5.74, 6) is -1.12. The molecule has 21 heavy (non-hydrogen) atoms. The van der Waals surface area contributed by atoms with Crippen LogP contribution in [0.3, 0.4) is 0 Å². The van der Waals surface area contributed by atoms with Crippen LogP contribution in [0.1, 0.15) is 18.1 Å². The van der Waals surface area contributed by atoms with Crippen LogP contribution in [-0.2, 0) is 13.2 Å². The Balaban J connectivity index is 2.02. The summed E-state index contributed by atoms with van der Waals surface area (Å²) in [6.07, 6.45) is 0. The molecule has 0 aliphatic rings. The van der Waals surface area contributed by atoms with E-state index in [-0.39, 0.29) is 12.4 Å². The monoisotopic (exact) mass is 355 g/mol. The van der Waals surface area contributed by atoms with Gasteiger partial charge in [-0.3, -0.25) is 0 Å². The summed E-state index contributed by atoms with van der Waals surface area (Å²) >= 11 is 3.49. The van der Waals surface area contributed by atoms with Crippen molar-refractivity contribution >= 4 is 15.9 Å². The van der Waals surface area contributed by atoms with Gasteiger partial charge in [0.15, 0.2) is 0 Å². The molecule has 0 atom stereocenters. The van der Waals surface area contributed by atoms with Gasteiger partial charge in [-0.2, -0.15) is 0 Å². The van der Waals surface area contributed by atoms with Crippen molar-refractivity contribution in [3.63, 3.8) is 0 Å². The van der Waals surface area contributed by atoms with E-state index in [1.165, 1.54) is 0 Å². The van der Waals surface area contributed by atoms with Crippen LogP contribution in [-0.4, -0.2) is 6.54 Å². The van der Waals surface area contributed by atoms with Crippen molar-refractivity contribution in [1.82, 2.24) is 5.32 Å². The standard InChI is InChI=1S/C16H16BrF2NO/c1-2-20-9-11-3-4-12(16(17)5-11)10-21-15-7-13(18)6-14(19)8-15/h3-8,20H,2,9-10H2,1H3. The van der Waals surface area contributed by atoms with Gasteiger partial charge in [0.1, 0.15) is 24.0 Å². The van der Waals surface area contributed by atoms with E-state index in [0.29, 0.717) is 0 Å². The lowest BCUT2D eigenvalue weighted by Gasteiger charge is -2.10. The zero-order valence-corrected chi connectivity index (χ0v) is 13.2. The summed E-state index contributed by atoms with van der Waals surface area (Å²) in [5, 5.41) is 3.25. The third kappa shape index (κ3) is 4.79. The minimum Gasteiger partial charge on any atom is -0.489 e. The van der Waals surface area contributed by atoms with E-state index in [4.69, 9.17) is 4.74 Å². The van der Waals surface area contributed by atoms with Crippen molar-refractivity contribution in [2.24, 2.45) is 0 Å². The second-order valence-corrected chi connectivity index (χ2v) is 5.45. The van der Waals surface area contributed by atoms with Crippen LogP contribution in [0, 0.1) is 11.6 Å². The van der Waals surface area contributed by atoms with Gasteiger partial charge in [-0.1, -0.05) is 35.0 Å². The summed E-state index contributed by atoms with van der Waals surface area (Å²) in [7, 11) is 0. The first-order valence-electron chi connectivity index (χ1n) is 6.65. The van der Waals surface area contributed by atoms with Crippen LogP contribution < -0.4 is 10.1 Å². The van der Waals surface area contributed by atoms with Gasteiger partial charge in [-0.15, -0.1) is 0 Å². The predicted octanol–water partition coefficient (Wildman–Crippen LogP) is 4.42. The molecule has 0 bridgehead atoms. The Hall–Kier alpha value is -1.46. The van der Waals surface area contributed by atoms with E-state index in [1.54, 1.807) is 0 Å². The molecule has 0 heterocycles. The predicted molar refractivity (Wildman–Crippen MR) is 82.2 cm³/mol. The number of halogens is 3. The maximum atomic E-state index is 13.1. The summed E-state index contributed by atoms with van der Waals surface area (Å²) in [5.41, 5.74) is 2.07. The first kappa shape index (κ1) is 15.9. The Labute approximate surface area is 131 Å². The Morgan fingerprint density at radius 2 is 1.81 bits per heavy atom. The van der Waals surface area contributed by atoms with Crippen molar-refractivity contribution in [3.8, 4) is 5.75 Å². The van der Waals surface area contributed by atoms with Crippen LogP contribution in [0.2, 0.25) is 0 Å². The largest absolute Gasteiger partial charge is 0.489 e. The number of benzene rings is 2. The van der Waals surface area contributed by atoms with Crippen molar-refractivity contribution in [2.75, 3.05) is 6.54 Å². The average molecular weight is 356 g/mol. The van der Waals surface area contributed by atoms with Gasteiger partial charge in [0.25, 0.3) is 0 Å². The van der Waals surface area contributed by atoms with Crippen LogP contribution >= 0.6 is 15.9 Å². The molecule has 1 N–H and O–H groups in total. The molecule has 2 nitrogen and oxygen atoms in total. The third-order valence-corrected chi connectivity index (χ3v) is 3.67. The first-order chi connectivity index (χ1) is 10.1. The van der Waals surface area contributed by atoms with Gasteiger partial charge in [0.2, 0.25) is 0 Å². The van der Waals surface area contributed by atoms with E-state index >= 15 is 0 Å². The minimum atomic E-state index is -0.648. The molecule has 0 saturated heterocycles. The molecule has 0 radical (unpaired) electrons. The molecule has 0 fully saturated rings. The summed E-state index contributed by atoms with van der Waals surface area (Å²) in [6.45, 7) is 4.00. The topological polar surface area (TPSA) is 21.3 Å². The Kier molecular flexibility index (Phi) is 5.70. The van der Waals surface area contributed by atoms with Crippen LogP contribution in [0.25, 0.3) is 0 Å². The van der Waals surface area contributed by atoms with Gasteiger partial charge in [0, 0.05) is 34.8 Å². The van der Waals surface area contributed by atoms with E-state index in [9.17, 15) is 8.78 Å². The fourth-order valence-electron chi connectivity index (χ4n) is 1.86. The SMILES string of the molecule is CCNCc1ccc(COc2cc(F)cc(F)c2)c(Br)c1. The maximum absolute atomic E-state index is 13.1. The molecule has 0 unspecified atom stereocenters. The smallest absolute Gasteiger partial charge is 0.129 e. The molecule has 0 aliphatic heterocycles. The quantitative estimate of drug-likeness (QED) is 0.828. The molecule has 0 saturated carbocycles. The molecule has 2 aromatic rings. The summed E-state index contributed by atoms with van der Waals surface area (Å²) in [4.78, 5) is 0. The zero-order chi connectivity index (χ0) is 15.2.